The molecular weight excluding hydrogens is 271 g/mol. The third-order valence-electron chi connectivity index (χ3n) is 3.35. The normalized spacial score (nSPS) is 10.4. The number of benzene rings is 1. The summed E-state index contributed by atoms with van der Waals surface area (Å²) in [5.41, 5.74) is 1.74. The smallest absolute Gasteiger partial charge is 0.251 e. The van der Waals surface area contributed by atoms with E-state index in [2.05, 4.69) is 0 Å². The van der Waals surface area contributed by atoms with Gasteiger partial charge in [-0.15, -0.1) is 0 Å². The van der Waals surface area contributed by atoms with Crippen molar-refractivity contribution >= 4 is 5.91 Å². The first-order chi connectivity index (χ1) is 9.97. The fourth-order valence-electron chi connectivity index (χ4n) is 2.02. The number of rotatable bonds is 4. The minimum atomic E-state index is -0.538. The van der Waals surface area contributed by atoms with Crippen LogP contribution in [0.2, 0.25) is 0 Å². The van der Waals surface area contributed by atoms with Crippen LogP contribution in [0.4, 0.5) is 4.39 Å². The fourth-order valence-corrected chi connectivity index (χ4v) is 2.02. The highest BCUT2D eigenvalue weighted by atomic mass is 19.1. The van der Waals surface area contributed by atoms with Gasteiger partial charge in [-0.05, 0) is 24.1 Å². The quantitative estimate of drug-likeness (QED) is 0.863. The van der Waals surface area contributed by atoms with Crippen molar-refractivity contribution < 1.29 is 9.18 Å². The van der Waals surface area contributed by atoms with Crippen LogP contribution < -0.4 is 5.56 Å². The summed E-state index contributed by atoms with van der Waals surface area (Å²) < 4.78 is 14.2. The molecule has 1 heterocycles. The molecule has 0 aliphatic rings. The summed E-state index contributed by atoms with van der Waals surface area (Å²) in [5, 5.41) is 0. The predicted molar refractivity (Wildman–Crippen MR) is 78.3 cm³/mol. The molecule has 2 rings (SSSR count). The Labute approximate surface area is 122 Å². The first-order valence-corrected chi connectivity index (χ1v) is 6.62. The van der Waals surface area contributed by atoms with E-state index in [9.17, 15) is 14.0 Å². The van der Waals surface area contributed by atoms with Gasteiger partial charge in [-0.3, -0.25) is 9.59 Å². The number of carbonyl (C=O) groups is 1. The summed E-state index contributed by atoms with van der Waals surface area (Å²) in [6.07, 6.45) is 1.04. The van der Waals surface area contributed by atoms with E-state index in [1.807, 2.05) is 31.2 Å². The molecule has 0 atom stereocenters. The molecule has 0 N–H and O–H groups in total. The van der Waals surface area contributed by atoms with Crippen molar-refractivity contribution in [3.8, 4) is 0 Å². The molecule has 4 nitrogen and oxygen atoms in total. The number of hydrogen-bond acceptors (Lipinski definition) is 2. The maximum atomic E-state index is 13.1. The van der Waals surface area contributed by atoms with E-state index in [0.29, 0.717) is 6.54 Å². The van der Waals surface area contributed by atoms with Gasteiger partial charge in [-0.2, -0.15) is 0 Å². The van der Waals surface area contributed by atoms with Crippen LogP contribution in [0.3, 0.4) is 0 Å². The van der Waals surface area contributed by atoms with Crippen LogP contribution in [0.15, 0.2) is 47.4 Å². The standard InChI is InChI=1S/C16H17FN2O2/c1-12-5-3-4-6-13(12)9-18(2)16(21)11-19-10-14(17)7-8-15(19)20/h3-8,10H,9,11H2,1-2H3. The largest absolute Gasteiger partial charge is 0.340 e. The Morgan fingerprint density at radius 3 is 2.67 bits per heavy atom. The van der Waals surface area contributed by atoms with E-state index in [4.69, 9.17) is 0 Å². The lowest BCUT2D eigenvalue weighted by Gasteiger charge is -2.19. The van der Waals surface area contributed by atoms with E-state index in [0.717, 1.165) is 34.0 Å². The Hall–Kier alpha value is -2.43. The Bertz CT molecular complexity index is 709. The van der Waals surface area contributed by atoms with Crippen molar-refractivity contribution in [1.29, 1.82) is 0 Å². The summed E-state index contributed by atoms with van der Waals surface area (Å²) in [5.74, 6) is -0.782. The van der Waals surface area contributed by atoms with Crippen LogP contribution in [0.25, 0.3) is 0 Å². The Morgan fingerprint density at radius 1 is 1.24 bits per heavy atom. The topological polar surface area (TPSA) is 42.3 Å². The van der Waals surface area contributed by atoms with E-state index in [1.54, 1.807) is 7.05 Å². The summed E-state index contributed by atoms with van der Waals surface area (Å²) in [6.45, 7) is 2.26. The van der Waals surface area contributed by atoms with Crippen molar-refractivity contribution in [2.24, 2.45) is 0 Å². The van der Waals surface area contributed by atoms with Gasteiger partial charge in [0.05, 0.1) is 0 Å². The number of aromatic nitrogens is 1. The number of amides is 1. The number of carbonyl (C=O) groups excluding carboxylic acids is 1. The average molecular weight is 288 g/mol. The molecule has 0 aliphatic heterocycles. The summed E-state index contributed by atoms with van der Waals surface area (Å²) in [4.78, 5) is 25.2. The van der Waals surface area contributed by atoms with Gasteiger partial charge in [-0.25, -0.2) is 4.39 Å². The van der Waals surface area contributed by atoms with Gasteiger partial charge in [0.15, 0.2) is 0 Å². The molecule has 110 valence electrons. The molecule has 21 heavy (non-hydrogen) atoms. The van der Waals surface area contributed by atoms with Crippen molar-refractivity contribution in [2.45, 2.75) is 20.0 Å². The van der Waals surface area contributed by atoms with Crippen LogP contribution in [-0.4, -0.2) is 22.4 Å². The third kappa shape index (κ3) is 3.78. The van der Waals surface area contributed by atoms with E-state index < -0.39 is 11.4 Å². The van der Waals surface area contributed by atoms with Gasteiger partial charge in [-0.1, -0.05) is 24.3 Å². The average Bonchev–Trinajstić information content (AvgIpc) is 2.45. The zero-order valence-corrected chi connectivity index (χ0v) is 12.0. The molecule has 0 spiro atoms. The SMILES string of the molecule is Cc1ccccc1CN(C)C(=O)Cn1cc(F)ccc1=O. The van der Waals surface area contributed by atoms with Crippen LogP contribution in [-0.2, 0) is 17.9 Å². The molecule has 2 aromatic rings. The van der Waals surface area contributed by atoms with Crippen LogP contribution in [0.5, 0.6) is 0 Å². The van der Waals surface area contributed by atoms with E-state index in [1.165, 1.54) is 4.90 Å². The zero-order valence-electron chi connectivity index (χ0n) is 12.0. The van der Waals surface area contributed by atoms with E-state index in [-0.39, 0.29) is 12.5 Å². The third-order valence-corrected chi connectivity index (χ3v) is 3.35. The van der Waals surface area contributed by atoms with E-state index >= 15 is 0 Å². The number of nitrogens with zero attached hydrogens (tertiary/aromatic N) is 2. The lowest BCUT2D eigenvalue weighted by molar-refractivity contribution is -0.131. The molecule has 0 unspecified atom stereocenters. The molecule has 1 aromatic heterocycles. The molecular formula is C16H17FN2O2. The van der Waals surface area contributed by atoms with Crippen molar-refractivity contribution in [3.05, 3.63) is 69.9 Å². The molecule has 1 aromatic carbocycles. The summed E-state index contributed by atoms with van der Waals surface area (Å²) in [7, 11) is 1.67. The molecule has 0 saturated carbocycles. The minimum Gasteiger partial charge on any atom is -0.340 e. The molecule has 0 radical (unpaired) electrons. The van der Waals surface area contributed by atoms with Gasteiger partial charge >= 0.3 is 0 Å². The Morgan fingerprint density at radius 2 is 1.95 bits per heavy atom. The summed E-state index contributed by atoms with van der Waals surface area (Å²) >= 11 is 0. The Kier molecular flexibility index (Phi) is 4.52. The second kappa shape index (κ2) is 6.35. The van der Waals surface area contributed by atoms with Gasteiger partial charge in [0.1, 0.15) is 12.4 Å². The molecule has 1 amide bonds. The van der Waals surface area contributed by atoms with Gasteiger partial charge in [0.25, 0.3) is 5.56 Å². The van der Waals surface area contributed by atoms with Crippen LogP contribution >= 0.6 is 0 Å². The van der Waals surface area contributed by atoms with Crippen LogP contribution in [0.1, 0.15) is 11.1 Å². The lowest BCUT2D eigenvalue weighted by Crippen LogP contribution is -2.33. The number of pyridine rings is 1. The summed E-state index contributed by atoms with van der Waals surface area (Å²) in [6, 6.07) is 9.98. The van der Waals surface area contributed by atoms with Crippen molar-refractivity contribution in [1.82, 2.24) is 9.47 Å². The van der Waals surface area contributed by atoms with Crippen molar-refractivity contribution in [3.63, 3.8) is 0 Å². The number of hydrogen-bond donors (Lipinski definition) is 0. The van der Waals surface area contributed by atoms with Crippen molar-refractivity contribution in [2.75, 3.05) is 7.05 Å². The van der Waals surface area contributed by atoms with Gasteiger partial charge < -0.3 is 9.47 Å². The number of likely N-dealkylation sites (N-methyl/N-ethyl adjacent to an activating group) is 1. The molecule has 5 heteroatoms. The highest BCUT2D eigenvalue weighted by Crippen LogP contribution is 2.09. The molecule has 0 aliphatic carbocycles. The second-order valence-electron chi connectivity index (χ2n) is 4.99. The molecule has 0 saturated heterocycles. The predicted octanol–water partition coefficient (Wildman–Crippen LogP) is 1.95. The van der Waals surface area contributed by atoms with Crippen LogP contribution in [0, 0.1) is 12.7 Å². The second-order valence-corrected chi connectivity index (χ2v) is 4.99. The lowest BCUT2D eigenvalue weighted by atomic mass is 10.1. The number of halogens is 1. The Balaban J connectivity index is 2.08. The zero-order chi connectivity index (χ0) is 15.4. The first kappa shape index (κ1) is 15.0. The van der Waals surface area contributed by atoms with Gasteiger partial charge in [0.2, 0.25) is 5.91 Å². The monoisotopic (exact) mass is 288 g/mol. The minimum absolute atomic E-state index is 0.168. The highest BCUT2D eigenvalue weighted by Gasteiger charge is 2.12. The maximum absolute atomic E-state index is 13.1. The molecule has 0 bridgehead atoms. The highest BCUT2D eigenvalue weighted by molar-refractivity contribution is 5.75. The number of aryl methyl sites for hydroxylation is 1. The maximum Gasteiger partial charge on any atom is 0.251 e. The fraction of sp³-hybridized carbons (Fsp3) is 0.250. The molecule has 0 fully saturated rings. The first-order valence-electron chi connectivity index (χ1n) is 6.62. The van der Waals surface area contributed by atoms with Gasteiger partial charge in [0, 0.05) is 25.9 Å².